The molecule has 1 aliphatic heterocycles. The summed E-state index contributed by atoms with van der Waals surface area (Å²) in [6, 6.07) is 12.9. The van der Waals surface area contributed by atoms with Gasteiger partial charge in [0, 0.05) is 19.3 Å². The molecule has 21 heavy (non-hydrogen) atoms. The number of hydrogen-bond acceptors (Lipinski definition) is 2. The van der Waals surface area contributed by atoms with Gasteiger partial charge in [0.2, 0.25) is 0 Å². The summed E-state index contributed by atoms with van der Waals surface area (Å²) >= 11 is 3.68. The predicted octanol–water partition coefficient (Wildman–Crippen LogP) is 4.61. The third-order valence-corrected chi connectivity index (χ3v) is 5.33. The van der Waals surface area contributed by atoms with Crippen LogP contribution in [0.15, 0.2) is 47.1 Å². The molecule has 0 bridgehead atoms. The second-order valence-corrected chi connectivity index (χ2v) is 6.68. The maximum atomic E-state index is 4.55. The number of nitrogens with zero attached hydrogens (tertiary/aromatic N) is 2. The number of benzene rings is 1. The highest BCUT2D eigenvalue weighted by Gasteiger charge is 2.22. The lowest BCUT2D eigenvalue weighted by Crippen LogP contribution is -2.35. The predicted molar refractivity (Wildman–Crippen MR) is 91.8 cm³/mol. The van der Waals surface area contributed by atoms with Crippen molar-refractivity contribution in [1.29, 1.82) is 0 Å². The van der Waals surface area contributed by atoms with Crippen molar-refractivity contribution in [2.45, 2.75) is 26.2 Å². The van der Waals surface area contributed by atoms with Crippen molar-refractivity contribution in [3.8, 4) is 0 Å². The van der Waals surface area contributed by atoms with Crippen molar-refractivity contribution in [1.82, 2.24) is 4.98 Å². The fraction of sp³-hybridized carbons (Fsp3) is 0.389. The molecule has 0 atom stereocenters. The monoisotopic (exact) mass is 344 g/mol. The molecule has 3 heteroatoms. The largest absolute Gasteiger partial charge is 0.356 e. The summed E-state index contributed by atoms with van der Waals surface area (Å²) in [5, 5.41) is 0. The number of hydrogen-bond donors (Lipinski definition) is 0. The average Bonchev–Trinajstić information content (AvgIpc) is 2.52. The van der Waals surface area contributed by atoms with E-state index in [0.717, 1.165) is 29.3 Å². The van der Waals surface area contributed by atoms with Gasteiger partial charge in [-0.3, -0.25) is 0 Å². The molecule has 110 valence electrons. The van der Waals surface area contributed by atoms with E-state index in [-0.39, 0.29) is 0 Å². The van der Waals surface area contributed by atoms with E-state index in [1.54, 1.807) is 0 Å². The van der Waals surface area contributed by atoms with Crippen LogP contribution in [0, 0.1) is 12.8 Å². The second kappa shape index (κ2) is 6.61. The molecule has 0 aliphatic carbocycles. The minimum Gasteiger partial charge on any atom is -0.356 e. The molecule has 2 nitrogen and oxygen atoms in total. The third kappa shape index (κ3) is 3.46. The lowest BCUT2D eigenvalue weighted by atomic mass is 9.90. The quantitative estimate of drug-likeness (QED) is 0.807. The number of anilines is 1. The molecule has 0 amide bonds. The molecule has 0 spiro atoms. The first kappa shape index (κ1) is 14.6. The van der Waals surface area contributed by atoms with Crippen LogP contribution in [0.25, 0.3) is 0 Å². The molecule has 1 aliphatic rings. The Kier molecular flexibility index (Phi) is 4.59. The summed E-state index contributed by atoms with van der Waals surface area (Å²) in [5.41, 5.74) is 2.72. The van der Waals surface area contributed by atoms with Crippen LogP contribution in [0.3, 0.4) is 0 Å². The van der Waals surface area contributed by atoms with Crippen molar-refractivity contribution in [2.75, 3.05) is 18.0 Å². The topological polar surface area (TPSA) is 16.1 Å². The van der Waals surface area contributed by atoms with Gasteiger partial charge in [0.15, 0.2) is 0 Å². The average molecular weight is 345 g/mol. The van der Waals surface area contributed by atoms with Gasteiger partial charge in [0.05, 0.1) is 4.47 Å². The molecule has 3 rings (SSSR count). The highest BCUT2D eigenvalue weighted by Crippen LogP contribution is 2.31. The van der Waals surface area contributed by atoms with E-state index in [0.29, 0.717) is 0 Å². The van der Waals surface area contributed by atoms with Gasteiger partial charge in [0.25, 0.3) is 0 Å². The lowest BCUT2D eigenvalue weighted by molar-refractivity contribution is 0.402. The Morgan fingerprint density at radius 2 is 1.86 bits per heavy atom. The highest BCUT2D eigenvalue weighted by atomic mass is 79.9. The molecule has 0 radical (unpaired) electrons. The van der Waals surface area contributed by atoms with E-state index in [2.05, 4.69) is 69.1 Å². The number of aromatic nitrogens is 1. The molecule has 1 fully saturated rings. The molecule has 0 unspecified atom stereocenters. The first-order valence-electron chi connectivity index (χ1n) is 7.64. The Morgan fingerprint density at radius 1 is 1.14 bits per heavy atom. The van der Waals surface area contributed by atoms with E-state index in [4.69, 9.17) is 0 Å². The number of aryl methyl sites for hydroxylation is 1. The first-order chi connectivity index (χ1) is 10.2. The van der Waals surface area contributed by atoms with Gasteiger partial charge in [-0.1, -0.05) is 30.3 Å². The molecule has 2 aromatic rings. The molecular formula is C18H21BrN2. The molecule has 1 aromatic carbocycles. The first-order valence-corrected chi connectivity index (χ1v) is 8.43. The van der Waals surface area contributed by atoms with Crippen molar-refractivity contribution in [3.63, 3.8) is 0 Å². The van der Waals surface area contributed by atoms with Crippen molar-refractivity contribution in [3.05, 3.63) is 58.2 Å². The summed E-state index contributed by atoms with van der Waals surface area (Å²) in [7, 11) is 0. The molecule has 1 saturated heterocycles. The Morgan fingerprint density at radius 3 is 2.57 bits per heavy atom. The van der Waals surface area contributed by atoms with Crippen LogP contribution in [0.1, 0.15) is 24.0 Å². The Balaban J connectivity index is 1.61. The zero-order valence-electron chi connectivity index (χ0n) is 12.4. The standard InChI is InChI=1S/C18H21BrN2/c1-14-7-10-20-18(17(14)19)21-11-8-16(9-12-21)13-15-5-3-2-4-6-15/h2-7,10,16H,8-9,11-13H2,1H3. The SMILES string of the molecule is Cc1ccnc(N2CCC(Cc3ccccc3)CC2)c1Br. The number of halogens is 1. The van der Waals surface area contributed by atoms with Crippen LogP contribution in [0.4, 0.5) is 5.82 Å². The number of piperidine rings is 1. The normalized spacial score (nSPS) is 16.2. The van der Waals surface area contributed by atoms with Gasteiger partial charge in [-0.05, 0) is 65.2 Å². The van der Waals surface area contributed by atoms with Gasteiger partial charge >= 0.3 is 0 Å². The fourth-order valence-corrected chi connectivity index (χ4v) is 3.53. The van der Waals surface area contributed by atoms with Gasteiger partial charge in [-0.2, -0.15) is 0 Å². The molecule has 1 aromatic heterocycles. The second-order valence-electron chi connectivity index (χ2n) is 5.89. The zero-order valence-corrected chi connectivity index (χ0v) is 14.0. The highest BCUT2D eigenvalue weighted by molar-refractivity contribution is 9.10. The lowest BCUT2D eigenvalue weighted by Gasteiger charge is -2.33. The van der Waals surface area contributed by atoms with Gasteiger partial charge < -0.3 is 4.90 Å². The van der Waals surface area contributed by atoms with Gasteiger partial charge in [-0.25, -0.2) is 4.98 Å². The Bertz CT molecular complexity index is 589. The minimum atomic E-state index is 0.798. The van der Waals surface area contributed by atoms with E-state index in [1.807, 2.05) is 6.20 Å². The summed E-state index contributed by atoms with van der Waals surface area (Å²) in [5.74, 6) is 1.90. The molecule has 2 heterocycles. The van der Waals surface area contributed by atoms with Crippen molar-refractivity contribution in [2.24, 2.45) is 5.92 Å². The fourth-order valence-electron chi connectivity index (χ4n) is 3.04. The Hall–Kier alpha value is -1.35. The van der Waals surface area contributed by atoms with Crippen LogP contribution in [0.5, 0.6) is 0 Å². The maximum Gasteiger partial charge on any atom is 0.143 e. The summed E-state index contributed by atoms with van der Waals surface area (Å²) in [6.45, 7) is 4.33. The van der Waals surface area contributed by atoms with Crippen LogP contribution >= 0.6 is 15.9 Å². The summed E-state index contributed by atoms with van der Waals surface area (Å²) in [4.78, 5) is 6.97. The smallest absolute Gasteiger partial charge is 0.143 e. The van der Waals surface area contributed by atoms with E-state index in [1.165, 1.54) is 30.4 Å². The number of pyridine rings is 1. The molecule has 0 N–H and O–H groups in total. The van der Waals surface area contributed by atoms with E-state index in [9.17, 15) is 0 Å². The van der Waals surface area contributed by atoms with Crippen LogP contribution < -0.4 is 4.90 Å². The molecular weight excluding hydrogens is 324 g/mol. The third-order valence-electron chi connectivity index (χ3n) is 4.35. The van der Waals surface area contributed by atoms with Crippen LogP contribution in [-0.2, 0) is 6.42 Å². The summed E-state index contributed by atoms with van der Waals surface area (Å²) in [6.07, 6.45) is 5.61. The summed E-state index contributed by atoms with van der Waals surface area (Å²) < 4.78 is 1.14. The van der Waals surface area contributed by atoms with Gasteiger partial charge in [0.1, 0.15) is 5.82 Å². The van der Waals surface area contributed by atoms with E-state index < -0.39 is 0 Å². The van der Waals surface area contributed by atoms with Crippen LogP contribution in [-0.4, -0.2) is 18.1 Å². The van der Waals surface area contributed by atoms with Crippen LogP contribution in [0.2, 0.25) is 0 Å². The van der Waals surface area contributed by atoms with Gasteiger partial charge in [-0.15, -0.1) is 0 Å². The van der Waals surface area contributed by atoms with Crippen molar-refractivity contribution < 1.29 is 0 Å². The van der Waals surface area contributed by atoms with E-state index >= 15 is 0 Å². The van der Waals surface area contributed by atoms with Crippen molar-refractivity contribution >= 4 is 21.7 Å². The maximum absolute atomic E-state index is 4.55. The Labute approximate surface area is 135 Å². The molecule has 0 saturated carbocycles. The number of rotatable bonds is 3. The zero-order chi connectivity index (χ0) is 14.7. The minimum absolute atomic E-state index is 0.798.